The van der Waals surface area contributed by atoms with Gasteiger partial charge in [-0.05, 0) is 12.8 Å². The number of carbonyl (C=O) groups is 1. The molecule has 1 fully saturated rings. The number of ether oxygens (including phenoxy) is 1. The van der Waals surface area contributed by atoms with E-state index in [9.17, 15) is 14.4 Å². The largest absolute Gasteiger partial charge is 0.376 e. The third-order valence-corrected chi connectivity index (χ3v) is 2.72. The van der Waals surface area contributed by atoms with E-state index < -0.39 is 11.2 Å². The molecule has 1 aromatic rings. The highest BCUT2D eigenvalue weighted by Gasteiger charge is 2.16. The second-order valence-corrected chi connectivity index (χ2v) is 4.23. The number of aromatic nitrogens is 2. The monoisotopic (exact) mass is 253 g/mol. The van der Waals surface area contributed by atoms with Gasteiger partial charge < -0.3 is 15.0 Å². The van der Waals surface area contributed by atoms with E-state index in [4.69, 9.17) is 4.74 Å². The van der Waals surface area contributed by atoms with Crippen molar-refractivity contribution in [1.29, 1.82) is 0 Å². The first-order valence-electron chi connectivity index (χ1n) is 5.84. The van der Waals surface area contributed by atoms with Crippen molar-refractivity contribution >= 4 is 5.91 Å². The van der Waals surface area contributed by atoms with E-state index in [0.29, 0.717) is 12.2 Å². The van der Waals surface area contributed by atoms with E-state index >= 15 is 0 Å². The van der Waals surface area contributed by atoms with Gasteiger partial charge in [-0.25, -0.2) is 4.79 Å². The summed E-state index contributed by atoms with van der Waals surface area (Å²) in [7, 11) is 0. The molecule has 1 atom stereocenters. The molecule has 7 heteroatoms. The molecule has 0 aromatic carbocycles. The average molecular weight is 253 g/mol. The van der Waals surface area contributed by atoms with E-state index in [-0.39, 0.29) is 18.4 Å². The summed E-state index contributed by atoms with van der Waals surface area (Å²) >= 11 is 0. The Kier molecular flexibility index (Phi) is 3.93. The summed E-state index contributed by atoms with van der Waals surface area (Å²) in [4.78, 5) is 38.1. The minimum Gasteiger partial charge on any atom is -0.376 e. The van der Waals surface area contributed by atoms with Gasteiger partial charge in [-0.1, -0.05) is 0 Å². The molecule has 0 bridgehead atoms. The highest BCUT2D eigenvalue weighted by molar-refractivity contribution is 5.78. The van der Waals surface area contributed by atoms with Gasteiger partial charge in [-0.2, -0.15) is 0 Å². The predicted molar refractivity (Wildman–Crippen MR) is 63.4 cm³/mol. The van der Waals surface area contributed by atoms with Gasteiger partial charge in [0.05, 0.1) is 12.5 Å². The van der Waals surface area contributed by atoms with Gasteiger partial charge in [-0.3, -0.25) is 14.6 Å². The number of amides is 1. The van der Waals surface area contributed by atoms with Gasteiger partial charge in [0.15, 0.2) is 0 Å². The van der Waals surface area contributed by atoms with Crippen LogP contribution in [0.2, 0.25) is 0 Å². The SMILES string of the molecule is O=C(Cc1cc(=O)[nH]c(=O)[nH]1)NC[C@@H]1CCCO1. The average Bonchev–Trinajstić information content (AvgIpc) is 2.77. The molecule has 98 valence electrons. The van der Waals surface area contributed by atoms with Crippen LogP contribution >= 0.6 is 0 Å². The highest BCUT2D eigenvalue weighted by Crippen LogP contribution is 2.10. The molecule has 2 rings (SSSR count). The van der Waals surface area contributed by atoms with Gasteiger partial charge in [0.1, 0.15) is 0 Å². The van der Waals surface area contributed by atoms with Crippen molar-refractivity contribution in [3.63, 3.8) is 0 Å². The van der Waals surface area contributed by atoms with Gasteiger partial charge in [0.25, 0.3) is 5.56 Å². The zero-order valence-corrected chi connectivity index (χ0v) is 9.82. The number of H-pyrrole nitrogens is 2. The molecule has 0 spiro atoms. The maximum Gasteiger partial charge on any atom is 0.325 e. The third-order valence-electron chi connectivity index (χ3n) is 2.72. The normalized spacial score (nSPS) is 18.8. The summed E-state index contributed by atoms with van der Waals surface area (Å²) < 4.78 is 5.36. The molecule has 2 heterocycles. The highest BCUT2D eigenvalue weighted by atomic mass is 16.5. The maximum atomic E-state index is 11.6. The van der Waals surface area contributed by atoms with Gasteiger partial charge in [-0.15, -0.1) is 0 Å². The predicted octanol–water partition coefficient (Wildman–Crippen LogP) is -1.10. The molecular weight excluding hydrogens is 238 g/mol. The van der Waals surface area contributed by atoms with Crippen LogP contribution in [0.5, 0.6) is 0 Å². The molecule has 1 aliphatic heterocycles. The number of hydrogen-bond donors (Lipinski definition) is 3. The zero-order chi connectivity index (χ0) is 13.0. The Morgan fingerprint density at radius 2 is 2.28 bits per heavy atom. The van der Waals surface area contributed by atoms with Crippen LogP contribution in [0.25, 0.3) is 0 Å². The van der Waals surface area contributed by atoms with Crippen molar-refractivity contribution in [3.8, 4) is 0 Å². The van der Waals surface area contributed by atoms with Crippen molar-refractivity contribution in [2.45, 2.75) is 25.4 Å². The van der Waals surface area contributed by atoms with Crippen LogP contribution in [0, 0.1) is 0 Å². The minimum absolute atomic E-state index is 0.0219. The molecule has 0 saturated carbocycles. The number of nitrogens with one attached hydrogen (secondary N) is 3. The second kappa shape index (κ2) is 5.63. The Morgan fingerprint density at radius 1 is 1.44 bits per heavy atom. The second-order valence-electron chi connectivity index (χ2n) is 4.23. The third kappa shape index (κ3) is 3.56. The fourth-order valence-corrected chi connectivity index (χ4v) is 1.88. The number of aromatic amines is 2. The summed E-state index contributed by atoms with van der Waals surface area (Å²) in [5.74, 6) is -0.244. The lowest BCUT2D eigenvalue weighted by Crippen LogP contribution is -2.34. The van der Waals surface area contributed by atoms with Crippen molar-refractivity contribution in [2.24, 2.45) is 0 Å². The lowest BCUT2D eigenvalue weighted by Gasteiger charge is -2.10. The van der Waals surface area contributed by atoms with Gasteiger partial charge in [0, 0.05) is 24.9 Å². The Balaban J connectivity index is 1.86. The molecule has 0 aliphatic carbocycles. The first-order chi connectivity index (χ1) is 8.63. The number of carbonyl (C=O) groups excluding carboxylic acids is 1. The van der Waals surface area contributed by atoms with Crippen LogP contribution in [0.15, 0.2) is 15.7 Å². The molecule has 7 nitrogen and oxygen atoms in total. The summed E-state index contributed by atoms with van der Waals surface area (Å²) in [5.41, 5.74) is -0.821. The summed E-state index contributed by atoms with van der Waals surface area (Å²) in [6.07, 6.45) is 2.02. The van der Waals surface area contributed by atoms with Crippen molar-refractivity contribution < 1.29 is 9.53 Å². The Bertz CT molecular complexity index is 499. The maximum absolute atomic E-state index is 11.6. The van der Waals surface area contributed by atoms with Crippen molar-refractivity contribution in [1.82, 2.24) is 15.3 Å². The van der Waals surface area contributed by atoms with E-state index in [2.05, 4.69) is 10.3 Å². The molecule has 1 aliphatic rings. The Morgan fingerprint density at radius 3 is 2.94 bits per heavy atom. The first kappa shape index (κ1) is 12.6. The lowest BCUT2D eigenvalue weighted by atomic mass is 10.2. The molecule has 18 heavy (non-hydrogen) atoms. The van der Waals surface area contributed by atoms with Crippen LogP contribution in [-0.4, -0.2) is 35.1 Å². The van der Waals surface area contributed by atoms with Crippen molar-refractivity contribution in [2.75, 3.05) is 13.2 Å². The van der Waals surface area contributed by atoms with E-state index in [1.54, 1.807) is 0 Å². The van der Waals surface area contributed by atoms with Crippen LogP contribution < -0.4 is 16.6 Å². The molecule has 1 amide bonds. The summed E-state index contributed by atoms with van der Waals surface area (Å²) in [6, 6.07) is 1.20. The summed E-state index contributed by atoms with van der Waals surface area (Å²) in [6.45, 7) is 1.20. The standard InChI is InChI=1S/C11H15N3O4/c15-9(12-6-8-2-1-3-18-8)4-7-5-10(16)14-11(17)13-7/h5,8H,1-4,6H2,(H,12,15)(H2,13,14,16,17)/t8-/m0/s1. The molecule has 1 saturated heterocycles. The molecule has 1 aromatic heterocycles. The van der Waals surface area contributed by atoms with Gasteiger partial charge >= 0.3 is 5.69 Å². The summed E-state index contributed by atoms with van der Waals surface area (Å²) in [5, 5.41) is 2.71. The lowest BCUT2D eigenvalue weighted by molar-refractivity contribution is -0.121. The number of rotatable bonds is 4. The number of hydrogen-bond acceptors (Lipinski definition) is 4. The Labute approximate surface area is 103 Å². The topological polar surface area (TPSA) is 104 Å². The smallest absolute Gasteiger partial charge is 0.325 e. The van der Waals surface area contributed by atoms with E-state index in [1.165, 1.54) is 6.07 Å². The van der Waals surface area contributed by atoms with E-state index in [1.807, 2.05) is 4.98 Å². The van der Waals surface area contributed by atoms with Crippen LogP contribution in [0.4, 0.5) is 0 Å². The fourth-order valence-electron chi connectivity index (χ4n) is 1.88. The van der Waals surface area contributed by atoms with E-state index in [0.717, 1.165) is 19.4 Å². The first-order valence-corrected chi connectivity index (χ1v) is 5.84. The fraction of sp³-hybridized carbons (Fsp3) is 0.545. The Hall–Kier alpha value is -1.89. The quantitative estimate of drug-likeness (QED) is 0.633. The van der Waals surface area contributed by atoms with Crippen LogP contribution in [-0.2, 0) is 16.0 Å². The van der Waals surface area contributed by atoms with Gasteiger partial charge in [0.2, 0.25) is 5.91 Å². The minimum atomic E-state index is -0.607. The molecular formula is C11H15N3O4. The molecule has 0 radical (unpaired) electrons. The molecule has 3 N–H and O–H groups in total. The van der Waals surface area contributed by atoms with Crippen molar-refractivity contribution in [3.05, 3.63) is 32.6 Å². The molecule has 0 unspecified atom stereocenters. The van der Waals surface area contributed by atoms with Crippen LogP contribution in [0.1, 0.15) is 18.5 Å². The van der Waals surface area contributed by atoms with Crippen LogP contribution in [0.3, 0.4) is 0 Å². The zero-order valence-electron chi connectivity index (χ0n) is 9.82.